The number of halogens is 3. The van der Waals surface area contributed by atoms with Crippen molar-refractivity contribution >= 4 is 17.5 Å². The van der Waals surface area contributed by atoms with Crippen molar-refractivity contribution in [2.24, 2.45) is 5.41 Å². The lowest BCUT2D eigenvalue weighted by Crippen LogP contribution is -2.37. The molecule has 1 aromatic rings. The molecule has 0 radical (unpaired) electrons. The number of alkyl halides is 2. The first kappa shape index (κ1) is 11.1. The molecule has 1 saturated heterocycles. The average Bonchev–Trinajstić information content (AvgIpc) is 2.82. The Hall–Kier alpha value is -0.970. The SMILES string of the molecule is FC1(F)CC12CCN(c1ncc(Cl)cn1)CC2. The lowest BCUT2D eigenvalue weighted by atomic mass is 9.93. The van der Waals surface area contributed by atoms with Gasteiger partial charge in [-0.3, -0.25) is 0 Å². The summed E-state index contributed by atoms with van der Waals surface area (Å²) in [6, 6.07) is 0. The summed E-state index contributed by atoms with van der Waals surface area (Å²) < 4.78 is 26.4. The highest BCUT2D eigenvalue weighted by molar-refractivity contribution is 6.30. The third-order valence-electron chi connectivity index (χ3n) is 3.82. The average molecular weight is 260 g/mol. The second-order valence-corrected chi connectivity index (χ2v) is 5.29. The molecule has 3 nitrogen and oxygen atoms in total. The lowest BCUT2D eigenvalue weighted by Gasteiger charge is -2.32. The Morgan fingerprint density at radius 2 is 1.71 bits per heavy atom. The second-order valence-electron chi connectivity index (χ2n) is 4.85. The number of hydrogen-bond acceptors (Lipinski definition) is 3. The topological polar surface area (TPSA) is 29.0 Å². The summed E-state index contributed by atoms with van der Waals surface area (Å²) >= 11 is 5.70. The molecule has 0 bridgehead atoms. The Labute approximate surface area is 103 Å². The van der Waals surface area contributed by atoms with Crippen molar-refractivity contribution in [2.75, 3.05) is 18.0 Å². The highest BCUT2D eigenvalue weighted by Crippen LogP contribution is 2.65. The van der Waals surface area contributed by atoms with Crippen LogP contribution in [0.25, 0.3) is 0 Å². The Morgan fingerprint density at radius 1 is 1.18 bits per heavy atom. The first-order chi connectivity index (χ1) is 8.02. The quantitative estimate of drug-likeness (QED) is 0.777. The Balaban J connectivity index is 1.68. The number of piperidine rings is 1. The van der Waals surface area contributed by atoms with Crippen LogP contribution in [0.2, 0.25) is 5.02 Å². The van der Waals surface area contributed by atoms with Crippen LogP contribution < -0.4 is 4.90 Å². The number of aromatic nitrogens is 2. The van der Waals surface area contributed by atoms with E-state index in [4.69, 9.17) is 11.6 Å². The van der Waals surface area contributed by atoms with Crippen molar-refractivity contribution in [1.29, 1.82) is 0 Å². The van der Waals surface area contributed by atoms with Gasteiger partial charge < -0.3 is 4.90 Å². The molecule has 1 spiro atoms. The van der Waals surface area contributed by atoms with E-state index in [2.05, 4.69) is 9.97 Å². The maximum absolute atomic E-state index is 13.2. The maximum atomic E-state index is 13.2. The molecule has 6 heteroatoms. The largest absolute Gasteiger partial charge is 0.341 e. The van der Waals surface area contributed by atoms with Gasteiger partial charge in [0.1, 0.15) is 0 Å². The molecule has 0 atom stereocenters. The van der Waals surface area contributed by atoms with E-state index in [1.54, 1.807) is 0 Å². The van der Waals surface area contributed by atoms with E-state index in [1.807, 2.05) is 4.90 Å². The minimum Gasteiger partial charge on any atom is -0.341 e. The van der Waals surface area contributed by atoms with Crippen LogP contribution in [-0.4, -0.2) is 29.0 Å². The van der Waals surface area contributed by atoms with Gasteiger partial charge in [0.15, 0.2) is 0 Å². The minimum absolute atomic E-state index is 0.0509. The monoisotopic (exact) mass is 259 g/mol. The molecule has 2 heterocycles. The molecule has 0 aromatic carbocycles. The zero-order valence-corrected chi connectivity index (χ0v) is 9.92. The normalized spacial score (nSPS) is 25.0. The van der Waals surface area contributed by atoms with Gasteiger partial charge in [-0.2, -0.15) is 0 Å². The van der Waals surface area contributed by atoms with E-state index in [9.17, 15) is 8.78 Å². The van der Waals surface area contributed by atoms with Crippen LogP contribution in [0.5, 0.6) is 0 Å². The maximum Gasteiger partial charge on any atom is 0.254 e. The summed E-state index contributed by atoms with van der Waals surface area (Å²) in [5.74, 6) is -1.87. The van der Waals surface area contributed by atoms with Crippen LogP contribution in [-0.2, 0) is 0 Å². The molecule has 3 rings (SSSR count). The van der Waals surface area contributed by atoms with Crippen molar-refractivity contribution in [1.82, 2.24) is 9.97 Å². The van der Waals surface area contributed by atoms with Gasteiger partial charge in [-0.15, -0.1) is 0 Å². The Kier molecular flexibility index (Phi) is 2.30. The Bertz CT molecular complexity index is 427. The summed E-state index contributed by atoms with van der Waals surface area (Å²) in [6.45, 7) is 1.19. The number of hydrogen-bond donors (Lipinski definition) is 0. The van der Waals surface area contributed by atoms with Crippen LogP contribution >= 0.6 is 11.6 Å². The van der Waals surface area contributed by atoms with E-state index in [1.165, 1.54) is 12.4 Å². The van der Waals surface area contributed by atoms with E-state index >= 15 is 0 Å². The fourth-order valence-corrected chi connectivity index (χ4v) is 2.62. The van der Waals surface area contributed by atoms with Gasteiger partial charge in [0.05, 0.1) is 17.4 Å². The number of rotatable bonds is 1. The standard InChI is InChI=1S/C11H12ClF2N3/c12-8-5-15-9(16-6-8)17-3-1-10(2-4-17)7-11(10,13)14/h5-6H,1-4,7H2. The molecule has 0 unspecified atom stereocenters. The summed E-state index contributed by atoms with van der Waals surface area (Å²) in [5.41, 5.74) is -0.726. The van der Waals surface area contributed by atoms with Gasteiger partial charge in [-0.1, -0.05) is 11.6 Å². The van der Waals surface area contributed by atoms with Crippen LogP contribution in [0.1, 0.15) is 19.3 Å². The molecule has 1 saturated carbocycles. The van der Waals surface area contributed by atoms with E-state index in [0.29, 0.717) is 36.9 Å². The van der Waals surface area contributed by atoms with Crippen LogP contribution in [0.4, 0.5) is 14.7 Å². The van der Waals surface area contributed by atoms with Crippen LogP contribution in [0.3, 0.4) is 0 Å². The first-order valence-electron chi connectivity index (χ1n) is 5.63. The molecular weight excluding hydrogens is 248 g/mol. The van der Waals surface area contributed by atoms with Gasteiger partial charge in [0.2, 0.25) is 5.95 Å². The molecule has 0 N–H and O–H groups in total. The zero-order valence-electron chi connectivity index (χ0n) is 9.17. The molecule has 92 valence electrons. The number of anilines is 1. The van der Waals surface area contributed by atoms with Crippen molar-refractivity contribution in [3.05, 3.63) is 17.4 Å². The van der Waals surface area contributed by atoms with Gasteiger partial charge in [0.25, 0.3) is 5.92 Å². The zero-order chi connectivity index (χ0) is 12.1. The molecule has 0 amide bonds. The fourth-order valence-electron chi connectivity index (χ4n) is 2.53. The van der Waals surface area contributed by atoms with Gasteiger partial charge in [0, 0.05) is 24.9 Å². The fraction of sp³-hybridized carbons (Fsp3) is 0.636. The van der Waals surface area contributed by atoms with E-state index < -0.39 is 11.3 Å². The smallest absolute Gasteiger partial charge is 0.254 e. The third kappa shape index (κ3) is 1.76. The molecule has 1 aliphatic carbocycles. The van der Waals surface area contributed by atoms with Gasteiger partial charge in [-0.05, 0) is 12.8 Å². The van der Waals surface area contributed by atoms with Gasteiger partial charge in [-0.25, -0.2) is 18.7 Å². The minimum atomic E-state index is -2.44. The van der Waals surface area contributed by atoms with Crippen molar-refractivity contribution in [3.63, 3.8) is 0 Å². The molecular formula is C11H12ClF2N3. The first-order valence-corrected chi connectivity index (χ1v) is 6.01. The van der Waals surface area contributed by atoms with Gasteiger partial charge >= 0.3 is 0 Å². The Morgan fingerprint density at radius 3 is 2.18 bits per heavy atom. The summed E-state index contributed by atoms with van der Waals surface area (Å²) in [6.07, 6.45) is 4.15. The predicted molar refractivity (Wildman–Crippen MR) is 60.5 cm³/mol. The summed E-state index contributed by atoms with van der Waals surface area (Å²) in [5, 5.41) is 0.482. The predicted octanol–water partition coefficient (Wildman–Crippen LogP) is 2.76. The third-order valence-corrected chi connectivity index (χ3v) is 4.02. The summed E-state index contributed by atoms with van der Waals surface area (Å²) in [4.78, 5) is 10.1. The highest BCUT2D eigenvalue weighted by atomic mass is 35.5. The molecule has 2 aliphatic rings. The highest BCUT2D eigenvalue weighted by Gasteiger charge is 2.70. The van der Waals surface area contributed by atoms with Crippen LogP contribution in [0.15, 0.2) is 12.4 Å². The van der Waals surface area contributed by atoms with Crippen molar-refractivity contribution in [2.45, 2.75) is 25.2 Å². The molecule has 2 fully saturated rings. The molecule has 1 aromatic heterocycles. The summed E-state index contributed by atoms with van der Waals surface area (Å²) in [7, 11) is 0. The second kappa shape index (κ2) is 3.51. The van der Waals surface area contributed by atoms with Crippen LogP contribution in [0, 0.1) is 5.41 Å². The van der Waals surface area contributed by atoms with Crippen molar-refractivity contribution in [3.8, 4) is 0 Å². The van der Waals surface area contributed by atoms with E-state index in [-0.39, 0.29) is 6.42 Å². The lowest BCUT2D eigenvalue weighted by molar-refractivity contribution is 0.0536. The van der Waals surface area contributed by atoms with E-state index in [0.717, 1.165) is 0 Å². The van der Waals surface area contributed by atoms with Crippen molar-refractivity contribution < 1.29 is 8.78 Å². The number of nitrogens with zero attached hydrogens (tertiary/aromatic N) is 3. The molecule has 17 heavy (non-hydrogen) atoms. The molecule has 1 aliphatic heterocycles.